The second kappa shape index (κ2) is 5.01. The molecule has 1 heterocycles. The number of carboxylic acid groups (broad SMARTS) is 1. The molecule has 3 rings (SSSR count). The number of fused-ring (bicyclic) bond motifs is 1. The number of rotatable bonds is 3. The van der Waals surface area contributed by atoms with Crippen molar-refractivity contribution in [3.63, 3.8) is 0 Å². The molecule has 1 aromatic heterocycles. The van der Waals surface area contributed by atoms with Gasteiger partial charge in [-0.1, -0.05) is 19.1 Å². The van der Waals surface area contributed by atoms with Crippen LogP contribution in [0.5, 0.6) is 0 Å². The summed E-state index contributed by atoms with van der Waals surface area (Å²) in [5.74, 6) is -0.651. The molecule has 5 heteroatoms. The highest BCUT2D eigenvalue weighted by atomic mass is 19.1. The second-order valence-corrected chi connectivity index (χ2v) is 4.68. The number of carbonyl (C=O) groups is 1. The zero-order valence-electron chi connectivity index (χ0n) is 11.4. The van der Waals surface area contributed by atoms with Crippen LogP contribution >= 0.6 is 0 Å². The van der Waals surface area contributed by atoms with Crippen LogP contribution in [-0.4, -0.2) is 20.6 Å². The molecule has 106 valence electrons. The predicted octanol–water partition coefficient (Wildman–Crippen LogP) is 3.43. The number of carboxylic acids is 1. The van der Waals surface area contributed by atoms with E-state index >= 15 is 0 Å². The number of hydrogen-bond donors (Lipinski definition) is 1. The Kier molecular flexibility index (Phi) is 3.17. The molecule has 0 radical (unpaired) electrons. The molecule has 0 aliphatic carbocycles. The maximum Gasteiger partial charge on any atom is 0.335 e. The zero-order chi connectivity index (χ0) is 15.0. The van der Waals surface area contributed by atoms with Crippen molar-refractivity contribution in [3.8, 4) is 5.69 Å². The third-order valence-corrected chi connectivity index (χ3v) is 3.38. The fraction of sp³-hybridized carbons (Fsp3) is 0.125. The lowest BCUT2D eigenvalue weighted by Gasteiger charge is -2.09. The van der Waals surface area contributed by atoms with E-state index in [2.05, 4.69) is 4.98 Å². The van der Waals surface area contributed by atoms with E-state index in [-0.39, 0.29) is 11.4 Å². The van der Waals surface area contributed by atoms with Gasteiger partial charge in [0.2, 0.25) is 0 Å². The van der Waals surface area contributed by atoms with Crippen molar-refractivity contribution >= 4 is 17.0 Å². The van der Waals surface area contributed by atoms with E-state index in [0.29, 0.717) is 29.0 Å². The van der Waals surface area contributed by atoms with Crippen molar-refractivity contribution in [3.05, 3.63) is 59.7 Å². The zero-order valence-corrected chi connectivity index (χ0v) is 11.4. The molecule has 3 aromatic rings. The monoisotopic (exact) mass is 284 g/mol. The Morgan fingerprint density at radius 2 is 2.05 bits per heavy atom. The molecular weight excluding hydrogens is 271 g/mol. The average molecular weight is 284 g/mol. The number of aryl methyl sites for hydroxylation is 1. The Hall–Kier alpha value is -2.69. The SMILES string of the molecule is CCc1nc2cc(C(=O)O)ccc2n1-c1ccccc1F. The Morgan fingerprint density at radius 3 is 2.71 bits per heavy atom. The summed E-state index contributed by atoms with van der Waals surface area (Å²) in [6, 6.07) is 11.1. The molecule has 0 bridgehead atoms. The van der Waals surface area contributed by atoms with Crippen LogP contribution in [0.15, 0.2) is 42.5 Å². The van der Waals surface area contributed by atoms with Gasteiger partial charge in [-0.25, -0.2) is 14.2 Å². The molecule has 0 saturated heterocycles. The number of aromatic carboxylic acids is 1. The summed E-state index contributed by atoms with van der Waals surface area (Å²) < 4.78 is 15.8. The van der Waals surface area contributed by atoms with Gasteiger partial charge in [-0.15, -0.1) is 0 Å². The molecule has 0 atom stereocenters. The van der Waals surface area contributed by atoms with Crippen molar-refractivity contribution in [1.29, 1.82) is 0 Å². The highest BCUT2D eigenvalue weighted by Crippen LogP contribution is 2.24. The summed E-state index contributed by atoms with van der Waals surface area (Å²) >= 11 is 0. The third-order valence-electron chi connectivity index (χ3n) is 3.38. The molecule has 0 unspecified atom stereocenters. The molecule has 0 aliphatic heterocycles. The highest BCUT2D eigenvalue weighted by molar-refractivity contribution is 5.92. The molecule has 0 amide bonds. The van der Waals surface area contributed by atoms with E-state index in [1.165, 1.54) is 18.2 Å². The summed E-state index contributed by atoms with van der Waals surface area (Å²) in [4.78, 5) is 15.5. The number of imidazole rings is 1. The highest BCUT2D eigenvalue weighted by Gasteiger charge is 2.15. The lowest BCUT2D eigenvalue weighted by atomic mass is 10.2. The van der Waals surface area contributed by atoms with Gasteiger partial charge in [0.05, 0.1) is 22.3 Å². The van der Waals surface area contributed by atoms with E-state index in [0.717, 1.165) is 0 Å². The first-order valence-electron chi connectivity index (χ1n) is 6.61. The molecule has 4 nitrogen and oxygen atoms in total. The standard InChI is InChI=1S/C16H13FN2O2/c1-2-15-18-12-9-10(16(20)21)7-8-14(12)19(15)13-6-4-3-5-11(13)17/h3-9H,2H2,1H3,(H,20,21). The summed E-state index contributed by atoms with van der Waals surface area (Å²) in [5, 5.41) is 9.04. The average Bonchev–Trinajstić information content (AvgIpc) is 2.85. The Morgan fingerprint density at radius 1 is 1.29 bits per heavy atom. The summed E-state index contributed by atoms with van der Waals surface area (Å²) in [7, 11) is 0. The van der Waals surface area contributed by atoms with E-state index in [1.807, 2.05) is 6.92 Å². The van der Waals surface area contributed by atoms with Crippen LogP contribution < -0.4 is 0 Å². The normalized spacial score (nSPS) is 11.0. The lowest BCUT2D eigenvalue weighted by molar-refractivity contribution is 0.0697. The molecule has 2 aromatic carbocycles. The topological polar surface area (TPSA) is 55.1 Å². The lowest BCUT2D eigenvalue weighted by Crippen LogP contribution is -2.02. The smallest absolute Gasteiger partial charge is 0.335 e. The van der Waals surface area contributed by atoms with Crippen molar-refractivity contribution < 1.29 is 14.3 Å². The molecule has 0 saturated carbocycles. The summed E-state index contributed by atoms with van der Waals surface area (Å²) in [6.07, 6.45) is 0.616. The van der Waals surface area contributed by atoms with Crippen LogP contribution in [0.25, 0.3) is 16.7 Å². The van der Waals surface area contributed by atoms with Gasteiger partial charge in [-0.05, 0) is 30.3 Å². The van der Waals surface area contributed by atoms with Gasteiger partial charge in [-0.3, -0.25) is 4.57 Å². The van der Waals surface area contributed by atoms with Crippen LogP contribution in [0.1, 0.15) is 23.1 Å². The quantitative estimate of drug-likeness (QED) is 0.801. The first kappa shape index (κ1) is 13.3. The first-order valence-corrected chi connectivity index (χ1v) is 6.61. The predicted molar refractivity (Wildman–Crippen MR) is 77.4 cm³/mol. The number of halogens is 1. The Bertz CT molecular complexity index is 839. The molecule has 21 heavy (non-hydrogen) atoms. The van der Waals surface area contributed by atoms with Crippen molar-refractivity contribution in [2.24, 2.45) is 0 Å². The van der Waals surface area contributed by atoms with Gasteiger partial charge in [0.1, 0.15) is 11.6 Å². The molecule has 0 spiro atoms. The van der Waals surface area contributed by atoms with Gasteiger partial charge < -0.3 is 5.11 Å². The van der Waals surface area contributed by atoms with Crippen LogP contribution in [0, 0.1) is 5.82 Å². The number of nitrogens with zero attached hydrogens (tertiary/aromatic N) is 2. The number of benzene rings is 2. The van der Waals surface area contributed by atoms with Gasteiger partial charge in [0.25, 0.3) is 0 Å². The van der Waals surface area contributed by atoms with Gasteiger partial charge in [0.15, 0.2) is 0 Å². The second-order valence-electron chi connectivity index (χ2n) is 4.68. The fourth-order valence-corrected chi connectivity index (χ4v) is 2.40. The molecule has 1 N–H and O–H groups in total. The number of hydrogen-bond acceptors (Lipinski definition) is 2. The minimum absolute atomic E-state index is 0.170. The Balaban J connectivity index is 2.31. The van der Waals surface area contributed by atoms with Crippen molar-refractivity contribution in [2.75, 3.05) is 0 Å². The van der Waals surface area contributed by atoms with Crippen LogP contribution in [0.3, 0.4) is 0 Å². The van der Waals surface area contributed by atoms with E-state index in [9.17, 15) is 9.18 Å². The maximum absolute atomic E-state index is 14.1. The van der Waals surface area contributed by atoms with E-state index in [1.54, 1.807) is 28.8 Å². The van der Waals surface area contributed by atoms with Gasteiger partial charge in [0, 0.05) is 6.42 Å². The van der Waals surface area contributed by atoms with Crippen LogP contribution in [0.2, 0.25) is 0 Å². The van der Waals surface area contributed by atoms with Crippen molar-refractivity contribution in [1.82, 2.24) is 9.55 Å². The van der Waals surface area contributed by atoms with Gasteiger partial charge in [-0.2, -0.15) is 0 Å². The maximum atomic E-state index is 14.1. The van der Waals surface area contributed by atoms with E-state index < -0.39 is 5.97 Å². The van der Waals surface area contributed by atoms with Crippen LogP contribution in [-0.2, 0) is 6.42 Å². The third kappa shape index (κ3) is 2.16. The fourth-order valence-electron chi connectivity index (χ4n) is 2.40. The van der Waals surface area contributed by atoms with E-state index in [4.69, 9.17) is 5.11 Å². The molecule has 0 aliphatic rings. The van der Waals surface area contributed by atoms with Crippen molar-refractivity contribution in [2.45, 2.75) is 13.3 Å². The first-order chi connectivity index (χ1) is 10.1. The number of para-hydroxylation sites is 1. The number of aromatic nitrogens is 2. The largest absolute Gasteiger partial charge is 0.478 e. The Labute approximate surface area is 120 Å². The molecular formula is C16H13FN2O2. The van der Waals surface area contributed by atoms with Gasteiger partial charge >= 0.3 is 5.97 Å². The minimum Gasteiger partial charge on any atom is -0.478 e. The minimum atomic E-state index is -1.00. The summed E-state index contributed by atoms with van der Waals surface area (Å²) in [5.41, 5.74) is 1.83. The molecule has 0 fully saturated rings. The summed E-state index contributed by atoms with van der Waals surface area (Å²) in [6.45, 7) is 1.93. The van der Waals surface area contributed by atoms with Crippen LogP contribution in [0.4, 0.5) is 4.39 Å².